The summed E-state index contributed by atoms with van der Waals surface area (Å²) in [6, 6.07) is 13.2. The fourth-order valence-corrected chi connectivity index (χ4v) is 2.70. The van der Waals surface area contributed by atoms with E-state index in [1.54, 1.807) is 0 Å². The maximum atomic E-state index is 12.9. The summed E-state index contributed by atoms with van der Waals surface area (Å²) in [4.78, 5) is 15.0. The molecule has 0 saturated carbocycles. The van der Waals surface area contributed by atoms with Crippen LogP contribution in [0, 0.1) is 5.82 Å². The van der Waals surface area contributed by atoms with Gasteiger partial charge in [0.15, 0.2) is 0 Å². The standard InChI is InChI=1S/C19H20FN3O2/c20-15-7-5-13(6-8-15)18(24)12-23-19(25)21-10-9-14-11-22-17-4-2-1-3-16(14)17/h1-8,11,18,22,24H,9-10,12H2,(H2,21,23,25). The Morgan fingerprint density at radius 2 is 1.88 bits per heavy atom. The van der Waals surface area contributed by atoms with E-state index in [9.17, 15) is 14.3 Å². The number of hydrogen-bond acceptors (Lipinski definition) is 2. The normalized spacial score (nSPS) is 12.1. The van der Waals surface area contributed by atoms with Gasteiger partial charge in [0.2, 0.25) is 0 Å². The number of nitrogens with one attached hydrogen (secondary N) is 3. The van der Waals surface area contributed by atoms with Crippen molar-refractivity contribution in [2.24, 2.45) is 0 Å². The molecule has 1 aromatic heterocycles. The molecule has 0 bridgehead atoms. The lowest BCUT2D eigenvalue weighted by atomic mass is 10.1. The number of fused-ring (bicyclic) bond motifs is 1. The van der Waals surface area contributed by atoms with E-state index < -0.39 is 6.10 Å². The predicted octanol–water partition coefficient (Wildman–Crippen LogP) is 2.88. The van der Waals surface area contributed by atoms with Crippen molar-refractivity contribution >= 4 is 16.9 Å². The summed E-state index contributed by atoms with van der Waals surface area (Å²) in [5, 5.41) is 16.5. The summed E-state index contributed by atoms with van der Waals surface area (Å²) in [7, 11) is 0. The number of aromatic amines is 1. The Labute approximate surface area is 144 Å². The Balaban J connectivity index is 1.43. The summed E-state index contributed by atoms with van der Waals surface area (Å²) < 4.78 is 12.9. The summed E-state index contributed by atoms with van der Waals surface area (Å²) in [5.74, 6) is -0.362. The number of rotatable bonds is 6. The topological polar surface area (TPSA) is 77.2 Å². The second kappa shape index (κ2) is 7.81. The molecular formula is C19H20FN3O2. The van der Waals surface area contributed by atoms with Crippen molar-refractivity contribution in [3.63, 3.8) is 0 Å². The Kier molecular flexibility index (Phi) is 5.30. The minimum atomic E-state index is -0.875. The van der Waals surface area contributed by atoms with Crippen LogP contribution in [0.1, 0.15) is 17.2 Å². The smallest absolute Gasteiger partial charge is 0.314 e. The number of amides is 2. The molecule has 130 valence electrons. The first kappa shape index (κ1) is 17.0. The van der Waals surface area contributed by atoms with E-state index in [4.69, 9.17) is 0 Å². The maximum absolute atomic E-state index is 12.9. The molecule has 1 unspecified atom stereocenters. The minimum absolute atomic E-state index is 0.0601. The van der Waals surface area contributed by atoms with Gasteiger partial charge in [-0.2, -0.15) is 0 Å². The highest BCUT2D eigenvalue weighted by molar-refractivity contribution is 5.83. The van der Waals surface area contributed by atoms with Crippen LogP contribution < -0.4 is 10.6 Å². The van der Waals surface area contributed by atoms with Gasteiger partial charge in [0.25, 0.3) is 0 Å². The maximum Gasteiger partial charge on any atom is 0.314 e. The molecule has 3 rings (SSSR count). The van der Waals surface area contributed by atoms with E-state index in [0.29, 0.717) is 18.5 Å². The van der Waals surface area contributed by atoms with Gasteiger partial charge in [0.05, 0.1) is 6.10 Å². The molecule has 0 saturated heterocycles. The molecule has 0 aliphatic heterocycles. The zero-order chi connectivity index (χ0) is 17.6. The molecule has 25 heavy (non-hydrogen) atoms. The van der Waals surface area contributed by atoms with Crippen molar-refractivity contribution < 1.29 is 14.3 Å². The van der Waals surface area contributed by atoms with Crippen LogP contribution in [0.3, 0.4) is 0 Å². The number of halogens is 1. The number of para-hydroxylation sites is 1. The van der Waals surface area contributed by atoms with E-state index in [0.717, 1.165) is 16.5 Å². The molecule has 5 nitrogen and oxygen atoms in total. The Bertz CT molecular complexity index is 845. The third-order valence-corrected chi connectivity index (χ3v) is 4.07. The molecule has 2 aromatic carbocycles. The molecule has 0 radical (unpaired) electrons. The van der Waals surface area contributed by atoms with Crippen LogP contribution in [-0.2, 0) is 6.42 Å². The molecule has 0 fully saturated rings. The van der Waals surface area contributed by atoms with Crippen LogP contribution >= 0.6 is 0 Å². The van der Waals surface area contributed by atoms with Gasteiger partial charge in [-0.1, -0.05) is 30.3 Å². The van der Waals surface area contributed by atoms with Gasteiger partial charge in [0, 0.05) is 30.2 Å². The number of carbonyl (C=O) groups is 1. The molecule has 1 heterocycles. The number of aromatic nitrogens is 1. The van der Waals surface area contributed by atoms with Crippen molar-refractivity contribution in [1.82, 2.24) is 15.6 Å². The largest absolute Gasteiger partial charge is 0.387 e. The zero-order valence-electron chi connectivity index (χ0n) is 13.6. The minimum Gasteiger partial charge on any atom is -0.387 e. The first-order valence-corrected chi connectivity index (χ1v) is 8.13. The average molecular weight is 341 g/mol. The van der Waals surface area contributed by atoms with Crippen LogP contribution in [0.25, 0.3) is 10.9 Å². The van der Waals surface area contributed by atoms with Gasteiger partial charge >= 0.3 is 6.03 Å². The fourth-order valence-electron chi connectivity index (χ4n) is 2.70. The van der Waals surface area contributed by atoms with Crippen molar-refractivity contribution in [3.8, 4) is 0 Å². The zero-order valence-corrected chi connectivity index (χ0v) is 13.6. The first-order chi connectivity index (χ1) is 12.1. The van der Waals surface area contributed by atoms with Gasteiger partial charge in [-0.15, -0.1) is 0 Å². The Hall–Kier alpha value is -2.86. The molecule has 6 heteroatoms. The monoisotopic (exact) mass is 341 g/mol. The number of carbonyl (C=O) groups excluding carboxylic acids is 1. The number of H-pyrrole nitrogens is 1. The van der Waals surface area contributed by atoms with Gasteiger partial charge < -0.3 is 20.7 Å². The number of hydrogen-bond donors (Lipinski definition) is 4. The van der Waals surface area contributed by atoms with Crippen molar-refractivity contribution in [2.75, 3.05) is 13.1 Å². The lowest BCUT2D eigenvalue weighted by Gasteiger charge is -2.13. The predicted molar refractivity (Wildman–Crippen MR) is 94.8 cm³/mol. The third kappa shape index (κ3) is 4.36. The molecule has 0 aliphatic carbocycles. The van der Waals surface area contributed by atoms with E-state index in [1.807, 2.05) is 30.5 Å². The fraction of sp³-hybridized carbons (Fsp3) is 0.211. The number of benzene rings is 2. The third-order valence-electron chi connectivity index (χ3n) is 4.07. The lowest BCUT2D eigenvalue weighted by Crippen LogP contribution is -2.38. The SMILES string of the molecule is O=C(NCCc1c[nH]c2ccccc12)NCC(O)c1ccc(F)cc1. The van der Waals surface area contributed by atoms with Gasteiger partial charge in [0.1, 0.15) is 5.82 Å². The first-order valence-electron chi connectivity index (χ1n) is 8.13. The molecular weight excluding hydrogens is 321 g/mol. The van der Waals surface area contributed by atoms with Crippen molar-refractivity contribution in [3.05, 3.63) is 71.7 Å². The quantitative estimate of drug-likeness (QED) is 0.556. The Morgan fingerprint density at radius 1 is 1.12 bits per heavy atom. The summed E-state index contributed by atoms with van der Waals surface area (Å²) >= 11 is 0. The second-order valence-corrected chi connectivity index (χ2v) is 5.81. The highest BCUT2D eigenvalue weighted by Gasteiger charge is 2.09. The lowest BCUT2D eigenvalue weighted by molar-refractivity contribution is 0.173. The van der Waals surface area contributed by atoms with Gasteiger partial charge in [-0.05, 0) is 35.7 Å². The highest BCUT2D eigenvalue weighted by atomic mass is 19.1. The summed E-state index contributed by atoms with van der Waals surface area (Å²) in [6.07, 6.45) is 1.78. The van der Waals surface area contributed by atoms with Crippen LogP contribution in [0.2, 0.25) is 0 Å². The van der Waals surface area contributed by atoms with Crippen molar-refractivity contribution in [1.29, 1.82) is 0 Å². The van der Waals surface area contributed by atoms with Crippen LogP contribution in [0.4, 0.5) is 9.18 Å². The average Bonchev–Trinajstić information content (AvgIpc) is 3.04. The van der Waals surface area contributed by atoms with E-state index in [2.05, 4.69) is 15.6 Å². The second-order valence-electron chi connectivity index (χ2n) is 5.81. The molecule has 0 spiro atoms. The molecule has 0 aliphatic rings. The van der Waals surface area contributed by atoms with Crippen molar-refractivity contribution in [2.45, 2.75) is 12.5 Å². The van der Waals surface area contributed by atoms with Crippen LogP contribution in [0.5, 0.6) is 0 Å². The van der Waals surface area contributed by atoms with Gasteiger partial charge in [-0.25, -0.2) is 9.18 Å². The molecule has 4 N–H and O–H groups in total. The molecule has 3 aromatic rings. The Morgan fingerprint density at radius 3 is 2.68 bits per heavy atom. The van der Waals surface area contributed by atoms with Crippen LogP contribution in [0.15, 0.2) is 54.7 Å². The number of aliphatic hydroxyl groups is 1. The van der Waals surface area contributed by atoms with Crippen LogP contribution in [-0.4, -0.2) is 29.2 Å². The van der Waals surface area contributed by atoms with E-state index in [1.165, 1.54) is 24.3 Å². The summed E-state index contributed by atoms with van der Waals surface area (Å²) in [6.45, 7) is 0.547. The highest BCUT2D eigenvalue weighted by Crippen LogP contribution is 2.17. The van der Waals surface area contributed by atoms with E-state index in [-0.39, 0.29) is 18.4 Å². The summed E-state index contributed by atoms with van der Waals surface area (Å²) in [5.41, 5.74) is 2.77. The number of urea groups is 1. The van der Waals surface area contributed by atoms with E-state index >= 15 is 0 Å². The molecule has 2 amide bonds. The van der Waals surface area contributed by atoms with Gasteiger partial charge in [-0.3, -0.25) is 0 Å². The number of aliphatic hydroxyl groups excluding tert-OH is 1. The molecule has 1 atom stereocenters.